The number of allylic oxidation sites excluding steroid dienone is 2. The van der Waals surface area contributed by atoms with E-state index < -0.39 is 132 Å². The van der Waals surface area contributed by atoms with E-state index in [0.717, 1.165) is 5.57 Å². The number of aliphatic hydroxyl groups excluding tert-OH is 11. The molecule has 3 aliphatic heterocycles. The van der Waals surface area contributed by atoms with Gasteiger partial charge in [-0.1, -0.05) is 46.3 Å². The smallest absolute Gasteiger partial charge is 0.187 e. The highest BCUT2D eigenvalue weighted by Gasteiger charge is 2.74. The van der Waals surface area contributed by atoms with Gasteiger partial charge in [-0.2, -0.15) is 0 Å². The van der Waals surface area contributed by atoms with E-state index in [1.165, 1.54) is 0 Å². The predicted molar refractivity (Wildman–Crippen MR) is 223 cm³/mol. The van der Waals surface area contributed by atoms with Gasteiger partial charge in [0.2, 0.25) is 0 Å². The molecule has 0 aromatic rings. The van der Waals surface area contributed by atoms with Crippen LogP contribution in [0.5, 0.6) is 0 Å². The number of hydrogen-bond acceptors (Lipinski definition) is 17. The van der Waals surface area contributed by atoms with Crippen LogP contribution in [0.2, 0.25) is 0 Å². The SMILES string of the molecule is CC(C)=CCC[C@](C)(O[C@@H]1O[C@H](CO[C@@H]2OC[C@@H](O)[C@H](O)[C@H]2O)[C@@H](O)[C@H](O)[C@H]1O)[C@H]1CC[C@]2(C)[C@@H]1[C@H](O)C[C@@H]1[C@@]3(C)CC[C@H](O)C(C)(C)[C@@H]3[C@@H](O[C@@H]3OC[C@@H](O)[C@H](O)[C@H]3O)C[C@]12C. The van der Waals surface area contributed by atoms with E-state index in [-0.39, 0.29) is 36.9 Å². The summed E-state index contributed by atoms with van der Waals surface area (Å²) < 4.78 is 36.8. The average Bonchev–Trinajstić information content (AvgIpc) is 3.60. The van der Waals surface area contributed by atoms with Gasteiger partial charge in [-0.25, -0.2) is 0 Å². The van der Waals surface area contributed by atoms with Gasteiger partial charge in [0.1, 0.15) is 61.0 Å². The first-order chi connectivity index (χ1) is 29.3. The second kappa shape index (κ2) is 18.2. The minimum Gasteiger partial charge on any atom is -0.393 e. The fraction of sp³-hybridized carbons (Fsp3) is 0.957. The summed E-state index contributed by atoms with van der Waals surface area (Å²) in [5, 5.41) is 120. The quantitative estimate of drug-likeness (QED) is 0.0978. The maximum Gasteiger partial charge on any atom is 0.187 e. The minimum absolute atomic E-state index is 0.00369. The van der Waals surface area contributed by atoms with Crippen molar-refractivity contribution in [1.82, 2.24) is 0 Å². The second-order valence-electron chi connectivity index (χ2n) is 22.2. The molecule has 63 heavy (non-hydrogen) atoms. The summed E-state index contributed by atoms with van der Waals surface area (Å²) in [6.07, 6.45) is -14.1. The Morgan fingerprint density at radius 3 is 1.94 bits per heavy atom. The van der Waals surface area contributed by atoms with Gasteiger partial charge in [0.05, 0.1) is 43.7 Å². The number of fused-ring (bicyclic) bond motifs is 5. The number of hydrogen-bond donors (Lipinski definition) is 11. The first-order valence-corrected chi connectivity index (χ1v) is 23.3. The van der Waals surface area contributed by atoms with E-state index in [2.05, 4.69) is 40.7 Å². The highest BCUT2D eigenvalue weighted by atomic mass is 16.7. The molecular formula is C46H78O17. The minimum atomic E-state index is -1.71. The molecule has 3 heterocycles. The van der Waals surface area contributed by atoms with Gasteiger partial charge in [0.15, 0.2) is 18.9 Å². The number of ether oxygens (including phenoxy) is 6. The summed E-state index contributed by atoms with van der Waals surface area (Å²) in [6, 6.07) is 0. The normalized spacial score (nSPS) is 53.1. The lowest BCUT2D eigenvalue weighted by Gasteiger charge is -2.72. The molecule has 4 saturated carbocycles. The van der Waals surface area contributed by atoms with Crippen LogP contribution < -0.4 is 0 Å². The molecular weight excluding hydrogens is 824 g/mol. The van der Waals surface area contributed by atoms with Crippen LogP contribution in [0.1, 0.15) is 107 Å². The summed E-state index contributed by atoms with van der Waals surface area (Å²) in [7, 11) is 0. The van der Waals surface area contributed by atoms with Gasteiger partial charge in [0, 0.05) is 0 Å². The second-order valence-corrected chi connectivity index (χ2v) is 22.2. The average molecular weight is 903 g/mol. The van der Waals surface area contributed by atoms with Crippen molar-refractivity contribution in [2.24, 2.45) is 45.3 Å². The molecule has 7 fully saturated rings. The van der Waals surface area contributed by atoms with Crippen molar-refractivity contribution in [3.63, 3.8) is 0 Å². The van der Waals surface area contributed by atoms with Gasteiger partial charge in [-0.3, -0.25) is 0 Å². The standard InChI is InChI=1S/C46H78O17/c1-21(2)10-9-13-46(8,63-41-37(57)34(54)33(53)27(62-41)20-60-39-35(55)31(51)24(48)18-58-39)22-11-15-44(6)30(22)23(47)16-28-43(5)14-12-29(50)42(3,4)38(43)26(17-45(28,44)7)61-40-36(56)32(52)25(49)19-59-40/h10,22-41,47-57H,9,11-20H2,1-8H3/t22-,23+,24+,25+,26-,27+,28+,29-,30-,31-,32-,33+,34-,35+,36+,37+,38-,39-,40-,41-,43+,44+,45+,46-/m0/s1. The zero-order chi connectivity index (χ0) is 46.4. The Balaban J connectivity index is 1.19. The van der Waals surface area contributed by atoms with Crippen LogP contribution >= 0.6 is 0 Å². The molecule has 0 amide bonds. The van der Waals surface area contributed by atoms with Crippen molar-refractivity contribution in [3.8, 4) is 0 Å². The van der Waals surface area contributed by atoms with E-state index in [9.17, 15) is 56.2 Å². The molecule has 3 saturated heterocycles. The monoisotopic (exact) mass is 903 g/mol. The Morgan fingerprint density at radius 2 is 1.30 bits per heavy atom. The lowest BCUT2D eigenvalue weighted by Crippen LogP contribution is -2.70. The molecule has 0 unspecified atom stereocenters. The Kier molecular flexibility index (Phi) is 14.4. The van der Waals surface area contributed by atoms with Gasteiger partial charge in [-0.05, 0) is 117 Å². The molecule has 0 aromatic carbocycles. The van der Waals surface area contributed by atoms with Gasteiger partial charge < -0.3 is 84.6 Å². The molecule has 7 aliphatic rings. The Hall–Kier alpha value is -0.940. The molecule has 11 N–H and O–H groups in total. The first-order valence-electron chi connectivity index (χ1n) is 23.3. The maximum atomic E-state index is 12.7. The molecule has 7 rings (SSSR count). The summed E-state index contributed by atoms with van der Waals surface area (Å²) in [4.78, 5) is 0. The van der Waals surface area contributed by atoms with Crippen molar-refractivity contribution in [3.05, 3.63) is 11.6 Å². The fourth-order valence-electron chi connectivity index (χ4n) is 14.3. The van der Waals surface area contributed by atoms with Crippen molar-refractivity contribution >= 4 is 0 Å². The van der Waals surface area contributed by atoms with Crippen LogP contribution in [0, 0.1) is 45.3 Å². The van der Waals surface area contributed by atoms with E-state index in [4.69, 9.17) is 28.4 Å². The molecule has 4 aliphatic carbocycles. The van der Waals surface area contributed by atoms with Crippen LogP contribution in [0.25, 0.3) is 0 Å². The van der Waals surface area contributed by atoms with Crippen LogP contribution in [-0.4, -0.2) is 180 Å². The van der Waals surface area contributed by atoms with Crippen LogP contribution in [0.15, 0.2) is 11.6 Å². The van der Waals surface area contributed by atoms with Crippen molar-refractivity contribution < 1.29 is 84.6 Å². The third-order valence-electron chi connectivity index (χ3n) is 17.9. The zero-order valence-electron chi connectivity index (χ0n) is 38.3. The third kappa shape index (κ3) is 8.53. The first kappa shape index (κ1) is 50.0. The lowest BCUT2D eigenvalue weighted by atomic mass is 9.34. The topological polar surface area (TPSA) is 278 Å². The fourth-order valence-corrected chi connectivity index (χ4v) is 14.3. The molecule has 0 spiro atoms. The van der Waals surface area contributed by atoms with Gasteiger partial charge in [0.25, 0.3) is 0 Å². The molecule has 364 valence electrons. The van der Waals surface area contributed by atoms with Crippen molar-refractivity contribution in [1.29, 1.82) is 0 Å². The molecule has 24 atom stereocenters. The largest absolute Gasteiger partial charge is 0.393 e. The Labute approximate surface area is 371 Å². The van der Waals surface area contributed by atoms with E-state index >= 15 is 0 Å². The lowest BCUT2D eigenvalue weighted by molar-refractivity contribution is -0.348. The molecule has 17 heteroatoms. The summed E-state index contributed by atoms with van der Waals surface area (Å²) in [5.41, 5.74) is -2.01. The third-order valence-corrected chi connectivity index (χ3v) is 17.9. The van der Waals surface area contributed by atoms with Crippen LogP contribution in [0.3, 0.4) is 0 Å². The van der Waals surface area contributed by atoms with Crippen LogP contribution in [0.4, 0.5) is 0 Å². The van der Waals surface area contributed by atoms with E-state index in [1.807, 2.05) is 20.8 Å². The summed E-state index contributed by atoms with van der Waals surface area (Å²) in [6.45, 7) is 15.9. The Bertz CT molecular complexity index is 1610. The maximum absolute atomic E-state index is 12.7. The van der Waals surface area contributed by atoms with Gasteiger partial charge >= 0.3 is 0 Å². The molecule has 0 radical (unpaired) electrons. The van der Waals surface area contributed by atoms with E-state index in [0.29, 0.717) is 51.4 Å². The summed E-state index contributed by atoms with van der Waals surface area (Å²) in [5.74, 6) is -0.837. The van der Waals surface area contributed by atoms with Crippen molar-refractivity contribution in [2.45, 2.75) is 211 Å². The molecule has 17 nitrogen and oxygen atoms in total. The number of aliphatic hydroxyl groups is 11. The number of rotatable bonds is 11. The zero-order valence-corrected chi connectivity index (χ0v) is 38.3. The van der Waals surface area contributed by atoms with Crippen molar-refractivity contribution in [2.75, 3.05) is 19.8 Å². The Morgan fingerprint density at radius 1 is 0.698 bits per heavy atom. The molecule has 0 aromatic heterocycles. The molecule has 0 bridgehead atoms. The highest BCUT2D eigenvalue weighted by Crippen LogP contribution is 2.76. The predicted octanol–water partition coefficient (Wildman–Crippen LogP) is 0.222. The summed E-state index contributed by atoms with van der Waals surface area (Å²) >= 11 is 0. The van der Waals surface area contributed by atoms with Crippen LogP contribution in [-0.2, 0) is 28.4 Å². The van der Waals surface area contributed by atoms with E-state index in [1.54, 1.807) is 0 Å². The van der Waals surface area contributed by atoms with Gasteiger partial charge in [-0.15, -0.1) is 0 Å². The highest BCUT2D eigenvalue weighted by molar-refractivity contribution is 5.22.